The number of pyridine rings is 2. The van der Waals surface area contributed by atoms with Gasteiger partial charge in [-0.1, -0.05) is 53.5 Å². The van der Waals surface area contributed by atoms with Crippen molar-refractivity contribution in [2.24, 2.45) is 14.1 Å². The minimum atomic E-state index is -2.95. The Morgan fingerprint density at radius 1 is 0.923 bits per heavy atom. The maximum absolute atomic E-state index is 13.8. The van der Waals surface area contributed by atoms with Gasteiger partial charge in [0, 0.05) is 55.9 Å². The molecule has 52 heavy (non-hydrogen) atoms. The summed E-state index contributed by atoms with van der Waals surface area (Å²) < 4.78 is 35.2. The lowest BCUT2D eigenvalue weighted by Crippen LogP contribution is -2.65. The molecule has 2 aromatic carbocycles. The summed E-state index contributed by atoms with van der Waals surface area (Å²) in [7, 11) is 4.31. The number of benzene rings is 2. The van der Waals surface area contributed by atoms with E-state index in [9.17, 15) is 23.2 Å². The Labute approximate surface area is 307 Å². The van der Waals surface area contributed by atoms with E-state index in [1.807, 2.05) is 24.3 Å². The number of nitrogens with one attached hydrogen (secondary N) is 3. The Balaban J connectivity index is 0.000000404. The number of methoxy groups -OCH3 is 1. The zero-order valence-electron chi connectivity index (χ0n) is 28.6. The molecule has 1 spiro atoms. The number of amides is 1. The van der Waals surface area contributed by atoms with Crippen molar-refractivity contribution in [2.45, 2.75) is 44.1 Å². The van der Waals surface area contributed by atoms with Gasteiger partial charge >= 0.3 is 5.69 Å². The maximum Gasteiger partial charge on any atom is 0.330 e. The largest absolute Gasteiger partial charge is 0.481 e. The topological polar surface area (TPSA) is 132 Å². The highest BCUT2D eigenvalue weighted by atomic mass is 35.5. The third-order valence-electron chi connectivity index (χ3n) is 9.92. The Bertz CT molecular complexity index is 2380. The molecule has 0 bridgehead atoms. The second-order valence-electron chi connectivity index (χ2n) is 13.2. The molecule has 3 aromatic heterocycles. The fourth-order valence-electron chi connectivity index (χ4n) is 7.03. The average molecular weight is 751 g/mol. The van der Waals surface area contributed by atoms with E-state index >= 15 is 0 Å². The average Bonchev–Trinajstić information content (AvgIpc) is 3.77. The molecule has 3 aliphatic rings. The van der Waals surface area contributed by atoms with E-state index in [1.165, 1.54) is 19.7 Å². The summed E-state index contributed by atoms with van der Waals surface area (Å²) >= 11 is 13.9. The van der Waals surface area contributed by atoms with Crippen LogP contribution in [0, 0.1) is 0 Å². The van der Waals surface area contributed by atoms with Gasteiger partial charge < -0.3 is 20.7 Å². The van der Waals surface area contributed by atoms with Gasteiger partial charge in [0.2, 0.25) is 11.8 Å². The van der Waals surface area contributed by atoms with Crippen LogP contribution in [0.1, 0.15) is 42.5 Å². The number of alkyl halides is 2. The molecular weight excluding hydrogens is 715 g/mol. The summed E-state index contributed by atoms with van der Waals surface area (Å²) in [6.07, 6.45) is 1.69. The molecule has 11 nitrogen and oxygen atoms in total. The molecular formula is C37H35Cl2F2N7O4. The number of hydrogen-bond donors (Lipinski definition) is 3. The first-order chi connectivity index (χ1) is 24.9. The third-order valence-corrected chi connectivity index (χ3v) is 10.7. The second kappa shape index (κ2) is 13.9. The van der Waals surface area contributed by atoms with Gasteiger partial charge in [-0.3, -0.25) is 18.7 Å². The van der Waals surface area contributed by atoms with Crippen LogP contribution in [0.4, 0.5) is 20.3 Å². The van der Waals surface area contributed by atoms with Gasteiger partial charge in [-0.25, -0.2) is 23.5 Å². The monoisotopic (exact) mass is 749 g/mol. The van der Waals surface area contributed by atoms with Crippen LogP contribution in [-0.4, -0.2) is 50.7 Å². The number of halogens is 4. The van der Waals surface area contributed by atoms with Gasteiger partial charge in [0.25, 0.3) is 12.0 Å². The minimum Gasteiger partial charge on any atom is -0.481 e. The van der Waals surface area contributed by atoms with E-state index in [1.54, 1.807) is 25.3 Å². The lowest BCUT2D eigenvalue weighted by atomic mass is 9.91. The van der Waals surface area contributed by atoms with Crippen molar-refractivity contribution in [1.29, 1.82) is 0 Å². The lowest BCUT2D eigenvalue weighted by Gasteiger charge is -2.38. The van der Waals surface area contributed by atoms with Crippen LogP contribution >= 0.6 is 23.2 Å². The summed E-state index contributed by atoms with van der Waals surface area (Å²) in [5.74, 6) is 0.652. The quantitative estimate of drug-likeness (QED) is 0.190. The molecule has 0 atom stereocenters. The van der Waals surface area contributed by atoms with Gasteiger partial charge in [-0.2, -0.15) is 0 Å². The van der Waals surface area contributed by atoms with Crippen LogP contribution in [0.2, 0.25) is 10.0 Å². The van der Waals surface area contributed by atoms with Crippen molar-refractivity contribution in [2.75, 3.05) is 25.5 Å². The van der Waals surface area contributed by atoms with Crippen molar-refractivity contribution in [3.63, 3.8) is 0 Å². The number of rotatable bonds is 6. The van der Waals surface area contributed by atoms with Crippen LogP contribution in [0.15, 0.2) is 58.1 Å². The summed E-state index contributed by atoms with van der Waals surface area (Å²) in [6, 6.07) is 13.7. The van der Waals surface area contributed by atoms with Crippen molar-refractivity contribution < 1.29 is 18.3 Å². The molecule has 2 fully saturated rings. The van der Waals surface area contributed by atoms with E-state index in [0.717, 1.165) is 66.0 Å². The molecule has 2 aliphatic heterocycles. The van der Waals surface area contributed by atoms with E-state index in [4.69, 9.17) is 32.9 Å². The number of aryl methyl sites for hydroxylation is 2. The SMILES string of the molecule is COc1nc(-c2cccc(-c3cccc(Nc4nc(C(F)F)cc5c4c(=O)n(C)c(=O)n5C)c3Cl)c2Cl)cc2c1CCC2.O=C1CCC2(CNC2)N1. The van der Waals surface area contributed by atoms with Crippen LogP contribution < -0.4 is 31.9 Å². The highest BCUT2D eigenvalue weighted by molar-refractivity contribution is 6.39. The van der Waals surface area contributed by atoms with Crippen LogP contribution in [0.25, 0.3) is 33.3 Å². The molecule has 8 rings (SSSR count). The Hall–Kier alpha value is -4.85. The minimum absolute atomic E-state index is 0.0150. The molecule has 5 aromatic rings. The van der Waals surface area contributed by atoms with Crippen LogP contribution in [0.3, 0.4) is 0 Å². The van der Waals surface area contributed by atoms with Crippen molar-refractivity contribution in [3.8, 4) is 28.3 Å². The molecule has 3 N–H and O–H groups in total. The number of nitrogens with zero attached hydrogens (tertiary/aromatic N) is 4. The normalized spacial score (nSPS) is 15.7. The molecule has 0 saturated carbocycles. The van der Waals surface area contributed by atoms with E-state index in [0.29, 0.717) is 39.0 Å². The Kier molecular flexibility index (Phi) is 9.53. The maximum atomic E-state index is 13.8. The lowest BCUT2D eigenvalue weighted by molar-refractivity contribution is -0.120. The molecule has 1 aliphatic carbocycles. The molecule has 2 saturated heterocycles. The summed E-state index contributed by atoms with van der Waals surface area (Å²) in [4.78, 5) is 45.1. The summed E-state index contributed by atoms with van der Waals surface area (Å²) in [5.41, 5.74) is 3.40. The van der Waals surface area contributed by atoms with Crippen molar-refractivity contribution >= 4 is 51.5 Å². The van der Waals surface area contributed by atoms with E-state index in [2.05, 4.69) is 20.9 Å². The van der Waals surface area contributed by atoms with Gasteiger partial charge in [0.15, 0.2) is 0 Å². The Morgan fingerprint density at radius 2 is 1.63 bits per heavy atom. The van der Waals surface area contributed by atoms with Crippen molar-refractivity contribution in [1.82, 2.24) is 29.7 Å². The molecule has 5 heterocycles. The number of anilines is 2. The zero-order valence-corrected chi connectivity index (χ0v) is 30.1. The predicted octanol–water partition coefficient (Wildman–Crippen LogP) is 6.08. The molecule has 15 heteroatoms. The summed E-state index contributed by atoms with van der Waals surface area (Å²) in [5, 5.41) is 9.69. The molecule has 270 valence electrons. The fourth-order valence-corrected chi connectivity index (χ4v) is 7.63. The first-order valence-corrected chi connectivity index (χ1v) is 17.5. The third kappa shape index (κ3) is 6.30. The standard InChI is InChI=1S/C31H25Cl2F2N5O3.C6H10N2O/c1-39-23-14-22(27(34)35)37-28(24(23)30(41)40(2)31(39)42)36-20-12-6-10-18(26(20)33)17-9-5-11-19(25(17)32)21-13-15-7-4-8-16(15)29(38-21)43-3;9-5-1-2-6(8-5)3-7-4-6/h5-6,9-14,27H,4,7-8H2,1-3H3,(H,36,37);7H,1-4H2,(H,8,9). The zero-order chi connectivity index (χ0) is 36.9. The number of ether oxygens (including phenoxy) is 1. The highest BCUT2D eigenvalue weighted by Gasteiger charge is 2.42. The first-order valence-electron chi connectivity index (χ1n) is 16.7. The first kappa shape index (κ1) is 35.5. The molecule has 1 amide bonds. The van der Waals surface area contributed by atoms with Gasteiger partial charge in [-0.05, 0) is 49.4 Å². The predicted molar refractivity (Wildman–Crippen MR) is 197 cm³/mol. The van der Waals surface area contributed by atoms with E-state index < -0.39 is 23.4 Å². The van der Waals surface area contributed by atoms with E-state index in [-0.39, 0.29) is 33.2 Å². The number of carbonyl (C=O) groups excluding carboxylic acids is 1. The van der Waals surface area contributed by atoms with Crippen LogP contribution in [0.5, 0.6) is 5.88 Å². The smallest absolute Gasteiger partial charge is 0.330 e. The van der Waals surface area contributed by atoms with Crippen LogP contribution in [-0.2, 0) is 31.7 Å². The van der Waals surface area contributed by atoms with Gasteiger partial charge in [-0.15, -0.1) is 0 Å². The molecule has 0 unspecified atom stereocenters. The Morgan fingerprint density at radius 3 is 2.27 bits per heavy atom. The molecule has 0 radical (unpaired) electrons. The fraction of sp³-hybridized carbons (Fsp3) is 0.324. The number of fused-ring (bicyclic) bond motifs is 2. The van der Waals surface area contributed by atoms with Gasteiger partial charge in [0.05, 0.1) is 39.6 Å². The number of aromatic nitrogens is 4. The van der Waals surface area contributed by atoms with Gasteiger partial charge in [0.1, 0.15) is 16.9 Å². The number of carbonyl (C=O) groups is 1. The summed E-state index contributed by atoms with van der Waals surface area (Å²) in [6.45, 7) is 1.94. The highest BCUT2D eigenvalue weighted by Crippen LogP contribution is 2.43. The second-order valence-corrected chi connectivity index (χ2v) is 14.0. The van der Waals surface area contributed by atoms with Crippen molar-refractivity contribution in [3.05, 3.63) is 96.2 Å². The number of hydrogen-bond acceptors (Lipinski definition) is 8.